The average molecular weight is 257 g/mol. The number of hydrogen-bond donors (Lipinski definition) is 1. The molecule has 0 aliphatic carbocycles. The molecule has 6 nitrogen and oxygen atoms in total. The van der Waals surface area contributed by atoms with Gasteiger partial charge in [-0.05, 0) is 0 Å². The Kier molecular flexibility index (Phi) is 3.90. The van der Waals surface area contributed by atoms with Crippen LogP contribution in [-0.2, 0) is 25.2 Å². The van der Waals surface area contributed by atoms with Crippen LogP contribution >= 0.6 is 10.7 Å². The zero-order chi connectivity index (χ0) is 10.7. The van der Waals surface area contributed by atoms with Crippen molar-refractivity contribution in [1.82, 2.24) is 5.32 Å². The summed E-state index contributed by atoms with van der Waals surface area (Å²) >= 11 is 0. The Morgan fingerprint density at radius 1 is 1.71 bits per heavy atom. The maximum absolute atomic E-state index is 11.0. The molecule has 1 rings (SSSR count). The fraction of sp³-hybridized carbons (Fsp3) is 0.600. The first-order valence-corrected chi connectivity index (χ1v) is 6.81. The van der Waals surface area contributed by atoms with Gasteiger partial charge in [0.15, 0.2) is 10.7 Å². The SMILES string of the molecule is CCC(=O)NC1N=NC(=S(=O)=O)[S+]1Cl. The Bertz CT molecular complexity index is 396. The molecule has 0 saturated heterocycles. The highest BCUT2D eigenvalue weighted by molar-refractivity contribution is 8.35. The van der Waals surface area contributed by atoms with Gasteiger partial charge in [-0.15, -0.1) is 5.11 Å². The van der Waals surface area contributed by atoms with E-state index in [0.717, 1.165) is 0 Å². The second kappa shape index (κ2) is 4.76. The molecule has 14 heavy (non-hydrogen) atoms. The molecule has 1 aliphatic rings. The van der Waals surface area contributed by atoms with Crippen LogP contribution < -0.4 is 5.32 Å². The molecule has 1 amide bonds. The zero-order valence-corrected chi connectivity index (χ0v) is 9.49. The van der Waals surface area contributed by atoms with E-state index in [9.17, 15) is 13.2 Å². The Labute approximate surface area is 89.1 Å². The molecule has 1 heterocycles. The van der Waals surface area contributed by atoms with Crippen molar-refractivity contribution in [2.24, 2.45) is 10.2 Å². The van der Waals surface area contributed by atoms with Crippen molar-refractivity contribution in [1.29, 1.82) is 0 Å². The van der Waals surface area contributed by atoms with Gasteiger partial charge in [0.05, 0.1) is 0 Å². The maximum Gasteiger partial charge on any atom is 0.409 e. The maximum atomic E-state index is 11.0. The number of halogens is 1. The van der Waals surface area contributed by atoms with Crippen molar-refractivity contribution >= 4 is 41.3 Å². The molecule has 0 aromatic heterocycles. The molecule has 78 valence electrons. The highest BCUT2D eigenvalue weighted by Crippen LogP contribution is 2.20. The summed E-state index contributed by atoms with van der Waals surface area (Å²) in [6, 6.07) is 0. The van der Waals surface area contributed by atoms with E-state index in [1.807, 2.05) is 0 Å². The standard InChI is InChI=1S/C5H6ClN3O3S2/c1-2-3(10)7-4-8-9-5(13(4)6)14(11)12/h4H,2H2,1H3/p+1. The summed E-state index contributed by atoms with van der Waals surface area (Å²) < 4.78 is 20.8. The van der Waals surface area contributed by atoms with E-state index in [0.29, 0.717) is 0 Å². The Balaban J connectivity index is 2.76. The molecule has 0 aromatic carbocycles. The normalized spacial score (nSPS) is 25.1. The van der Waals surface area contributed by atoms with Crippen molar-refractivity contribution in [2.45, 2.75) is 18.8 Å². The fourth-order valence-electron chi connectivity index (χ4n) is 0.694. The first kappa shape index (κ1) is 11.5. The topological polar surface area (TPSA) is 88.0 Å². The van der Waals surface area contributed by atoms with Gasteiger partial charge < -0.3 is 0 Å². The van der Waals surface area contributed by atoms with Gasteiger partial charge in [0.1, 0.15) is 0 Å². The molecule has 1 aliphatic heterocycles. The van der Waals surface area contributed by atoms with Crippen LogP contribution in [0.15, 0.2) is 10.2 Å². The lowest BCUT2D eigenvalue weighted by molar-refractivity contribution is -0.120. The Morgan fingerprint density at radius 3 is 2.79 bits per heavy atom. The van der Waals surface area contributed by atoms with Crippen LogP contribution in [0.1, 0.15) is 13.3 Å². The van der Waals surface area contributed by atoms with E-state index in [1.165, 1.54) is 0 Å². The number of carbonyl (C=O) groups is 1. The number of rotatable bonds is 2. The lowest BCUT2D eigenvalue weighted by Crippen LogP contribution is -2.36. The summed E-state index contributed by atoms with van der Waals surface area (Å²) in [4.78, 5) is 11.0. The summed E-state index contributed by atoms with van der Waals surface area (Å²) in [5, 5.41) is 9.38. The van der Waals surface area contributed by atoms with Crippen molar-refractivity contribution in [3.8, 4) is 0 Å². The van der Waals surface area contributed by atoms with Crippen molar-refractivity contribution < 1.29 is 13.2 Å². The number of nitrogens with zero attached hydrogens (tertiary/aromatic N) is 2. The number of carbonyl (C=O) groups excluding carboxylic acids is 1. The summed E-state index contributed by atoms with van der Waals surface area (Å²) in [6.45, 7) is 1.67. The molecule has 0 fully saturated rings. The van der Waals surface area contributed by atoms with Crippen LogP contribution in [-0.4, -0.2) is 24.1 Å². The van der Waals surface area contributed by atoms with Gasteiger partial charge in [-0.1, -0.05) is 12.0 Å². The summed E-state index contributed by atoms with van der Waals surface area (Å²) in [5.41, 5.74) is -0.753. The highest BCUT2D eigenvalue weighted by Gasteiger charge is 2.44. The van der Waals surface area contributed by atoms with Gasteiger partial charge >= 0.3 is 9.82 Å². The van der Waals surface area contributed by atoms with Crippen molar-refractivity contribution in [2.75, 3.05) is 0 Å². The zero-order valence-electron chi connectivity index (χ0n) is 7.10. The first-order chi connectivity index (χ1) is 6.56. The van der Waals surface area contributed by atoms with E-state index in [-0.39, 0.29) is 16.6 Å². The second-order valence-electron chi connectivity index (χ2n) is 2.27. The van der Waals surface area contributed by atoms with Crippen molar-refractivity contribution in [3.63, 3.8) is 0 Å². The minimum absolute atomic E-state index is 0.215. The molecule has 0 bridgehead atoms. The van der Waals surface area contributed by atoms with Crippen LogP contribution in [0.5, 0.6) is 0 Å². The predicted molar refractivity (Wildman–Crippen MR) is 54.2 cm³/mol. The Hall–Kier alpha value is -0.600. The van der Waals surface area contributed by atoms with Gasteiger partial charge in [-0.2, -0.15) is 8.42 Å². The smallest absolute Gasteiger partial charge is 0.289 e. The second-order valence-corrected chi connectivity index (χ2v) is 5.79. The lowest BCUT2D eigenvalue weighted by Gasteiger charge is -2.01. The predicted octanol–water partition coefficient (Wildman–Crippen LogP) is 0.000600. The molecule has 1 N–H and O–H groups in total. The third-order valence-corrected chi connectivity index (χ3v) is 4.91. The van der Waals surface area contributed by atoms with Gasteiger partial charge in [-0.3, -0.25) is 10.1 Å². The summed E-state index contributed by atoms with van der Waals surface area (Å²) in [5.74, 6) is -0.245. The molecule has 9 heteroatoms. The molecule has 0 spiro atoms. The van der Waals surface area contributed by atoms with Gasteiger partial charge in [0, 0.05) is 6.42 Å². The summed E-state index contributed by atoms with van der Waals surface area (Å²) in [7, 11) is 2.07. The van der Waals surface area contributed by atoms with Gasteiger partial charge in [0.25, 0.3) is 10.3 Å². The Morgan fingerprint density at radius 2 is 2.36 bits per heavy atom. The minimum atomic E-state index is -2.47. The van der Waals surface area contributed by atoms with Crippen LogP contribution in [0.4, 0.5) is 0 Å². The van der Waals surface area contributed by atoms with Crippen LogP contribution in [0.3, 0.4) is 0 Å². The van der Waals surface area contributed by atoms with E-state index in [1.54, 1.807) is 6.92 Å². The third kappa shape index (κ3) is 2.46. The van der Waals surface area contributed by atoms with Crippen LogP contribution in [0.25, 0.3) is 0 Å². The van der Waals surface area contributed by atoms with Gasteiger partial charge in [0.2, 0.25) is 16.0 Å². The fourth-order valence-corrected chi connectivity index (χ4v) is 3.08. The summed E-state index contributed by atoms with van der Waals surface area (Å²) in [6.07, 6.45) is 0.288. The molecule has 0 radical (unpaired) electrons. The third-order valence-electron chi connectivity index (χ3n) is 1.36. The molecular weight excluding hydrogens is 250 g/mol. The number of nitrogens with one attached hydrogen (secondary N) is 1. The molecular formula is C5H7ClN3O3S2+. The molecule has 2 atom stereocenters. The minimum Gasteiger partial charge on any atom is -0.289 e. The van der Waals surface area contributed by atoms with Crippen LogP contribution in [0, 0.1) is 0 Å². The first-order valence-electron chi connectivity index (χ1n) is 3.62. The quantitative estimate of drug-likeness (QED) is 0.557. The van der Waals surface area contributed by atoms with E-state index in [4.69, 9.17) is 10.7 Å². The number of azo groups is 1. The molecule has 0 aromatic rings. The molecule has 0 saturated carbocycles. The van der Waals surface area contributed by atoms with Gasteiger partial charge in [-0.25, -0.2) is 0 Å². The number of amides is 1. The lowest BCUT2D eigenvalue weighted by atomic mass is 10.5. The van der Waals surface area contributed by atoms with Crippen LogP contribution in [0.2, 0.25) is 0 Å². The monoisotopic (exact) mass is 256 g/mol. The van der Waals surface area contributed by atoms with E-state index >= 15 is 0 Å². The number of hydrogen-bond acceptors (Lipinski definition) is 4. The molecule has 2 unspecified atom stereocenters. The highest BCUT2D eigenvalue weighted by atomic mass is 35.7. The largest absolute Gasteiger partial charge is 0.409 e. The van der Waals surface area contributed by atoms with E-state index in [2.05, 4.69) is 15.5 Å². The average Bonchev–Trinajstić information content (AvgIpc) is 2.48. The van der Waals surface area contributed by atoms with E-state index < -0.39 is 25.9 Å². The van der Waals surface area contributed by atoms with Crippen molar-refractivity contribution in [3.05, 3.63) is 0 Å².